The lowest BCUT2D eigenvalue weighted by Gasteiger charge is -1.99. The van der Waals surface area contributed by atoms with Gasteiger partial charge in [0, 0.05) is 5.69 Å². The highest BCUT2D eigenvalue weighted by atomic mass is 16.5. The Morgan fingerprint density at radius 1 is 1.38 bits per heavy atom. The molecule has 0 saturated heterocycles. The van der Waals surface area contributed by atoms with Crippen LogP contribution in [0.1, 0.15) is 10.6 Å². The van der Waals surface area contributed by atoms with Crippen molar-refractivity contribution < 1.29 is 13.9 Å². The highest BCUT2D eigenvalue weighted by molar-refractivity contribution is 5.86. The van der Waals surface area contributed by atoms with Gasteiger partial charge in [0.25, 0.3) is 6.01 Å². The Morgan fingerprint density at radius 2 is 2.12 bits per heavy atom. The van der Waals surface area contributed by atoms with E-state index in [1.807, 2.05) is 30.3 Å². The molecule has 1 aromatic carbocycles. The molecule has 0 amide bonds. The molecule has 1 N–H and O–H groups in total. The van der Waals surface area contributed by atoms with Gasteiger partial charge in [-0.05, 0) is 12.1 Å². The van der Waals surface area contributed by atoms with E-state index in [4.69, 9.17) is 4.42 Å². The summed E-state index contributed by atoms with van der Waals surface area (Å²) in [6, 6.07) is 9.65. The van der Waals surface area contributed by atoms with Crippen molar-refractivity contribution in [2.24, 2.45) is 0 Å². The highest BCUT2D eigenvalue weighted by Gasteiger charge is 2.12. The summed E-state index contributed by atoms with van der Waals surface area (Å²) in [5.41, 5.74) is 0.834. The quantitative estimate of drug-likeness (QED) is 0.800. The van der Waals surface area contributed by atoms with E-state index in [0.717, 1.165) is 5.69 Å². The minimum absolute atomic E-state index is 0.0703. The van der Waals surface area contributed by atoms with Crippen LogP contribution in [-0.4, -0.2) is 18.1 Å². The standard InChI is InChI=1S/C11H10N2O3/c1-15-10(14)9-7-12-11(16-9)13-8-5-3-2-4-6-8/h2-7H,1H3,(H,12,13). The molecule has 0 aliphatic carbocycles. The summed E-state index contributed by atoms with van der Waals surface area (Å²) in [5, 5.41) is 2.92. The second-order valence-corrected chi connectivity index (χ2v) is 3.01. The van der Waals surface area contributed by atoms with Gasteiger partial charge in [-0.3, -0.25) is 0 Å². The Morgan fingerprint density at radius 3 is 2.81 bits per heavy atom. The average molecular weight is 218 g/mol. The van der Waals surface area contributed by atoms with Crippen molar-refractivity contribution in [3.63, 3.8) is 0 Å². The number of hydrogen-bond acceptors (Lipinski definition) is 5. The summed E-state index contributed by atoms with van der Waals surface area (Å²) >= 11 is 0. The lowest BCUT2D eigenvalue weighted by Crippen LogP contribution is -1.98. The van der Waals surface area contributed by atoms with Crippen LogP contribution in [0.5, 0.6) is 0 Å². The molecule has 16 heavy (non-hydrogen) atoms. The molecule has 2 aromatic rings. The number of benzene rings is 1. The molecule has 5 nitrogen and oxygen atoms in total. The summed E-state index contributed by atoms with van der Waals surface area (Å²) in [6.07, 6.45) is 1.32. The minimum atomic E-state index is -0.548. The SMILES string of the molecule is COC(=O)c1cnc(Nc2ccccc2)o1. The molecule has 82 valence electrons. The van der Waals surface area contributed by atoms with Gasteiger partial charge in [-0.1, -0.05) is 18.2 Å². The first kappa shape index (κ1) is 10.2. The Kier molecular flexibility index (Phi) is 2.86. The van der Waals surface area contributed by atoms with Crippen molar-refractivity contribution >= 4 is 17.7 Å². The molecule has 0 atom stereocenters. The molecular formula is C11H10N2O3. The van der Waals surface area contributed by atoms with Crippen molar-refractivity contribution in [1.29, 1.82) is 0 Å². The van der Waals surface area contributed by atoms with E-state index >= 15 is 0 Å². The van der Waals surface area contributed by atoms with Gasteiger partial charge in [-0.15, -0.1) is 0 Å². The van der Waals surface area contributed by atoms with Gasteiger partial charge >= 0.3 is 5.97 Å². The smallest absolute Gasteiger partial charge is 0.375 e. The first-order chi connectivity index (χ1) is 7.79. The number of hydrogen-bond donors (Lipinski definition) is 1. The van der Waals surface area contributed by atoms with Gasteiger partial charge in [0.05, 0.1) is 13.3 Å². The van der Waals surface area contributed by atoms with E-state index in [0.29, 0.717) is 0 Å². The fourth-order valence-electron chi connectivity index (χ4n) is 1.17. The summed E-state index contributed by atoms with van der Waals surface area (Å²) in [4.78, 5) is 15.0. The highest BCUT2D eigenvalue weighted by Crippen LogP contribution is 2.16. The van der Waals surface area contributed by atoms with E-state index in [-0.39, 0.29) is 11.8 Å². The number of aromatic nitrogens is 1. The number of ether oxygens (including phenoxy) is 1. The van der Waals surface area contributed by atoms with Crippen LogP contribution in [0.2, 0.25) is 0 Å². The van der Waals surface area contributed by atoms with Crippen molar-refractivity contribution in [3.8, 4) is 0 Å². The van der Waals surface area contributed by atoms with Crippen LogP contribution < -0.4 is 5.32 Å². The van der Waals surface area contributed by atoms with E-state index in [9.17, 15) is 4.79 Å². The maximum atomic E-state index is 11.1. The topological polar surface area (TPSA) is 64.4 Å². The molecule has 2 rings (SSSR count). The number of anilines is 2. The second-order valence-electron chi connectivity index (χ2n) is 3.01. The molecule has 0 saturated carbocycles. The van der Waals surface area contributed by atoms with Gasteiger partial charge in [0.1, 0.15) is 0 Å². The number of carbonyl (C=O) groups excluding carboxylic acids is 1. The number of rotatable bonds is 3. The number of methoxy groups -OCH3 is 1. The van der Waals surface area contributed by atoms with Crippen molar-refractivity contribution in [1.82, 2.24) is 4.98 Å². The molecule has 0 bridgehead atoms. The summed E-state index contributed by atoms with van der Waals surface area (Å²) < 4.78 is 9.64. The van der Waals surface area contributed by atoms with Crippen molar-refractivity contribution in [2.75, 3.05) is 12.4 Å². The van der Waals surface area contributed by atoms with E-state index < -0.39 is 5.97 Å². The number of esters is 1. The monoisotopic (exact) mass is 218 g/mol. The molecule has 5 heteroatoms. The maximum Gasteiger partial charge on any atom is 0.375 e. The Bertz CT molecular complexity index is 479. The molecular weight excluding hydrogens is 208 g/mol. The molecule has 0 fully saturated rings. The zero-order valence-electron chi connectivity index (χ0n) is 8.64. The van der Waals surface area contributed by atoms with Gasteiger partial charge in [0.15, 0.2) is 0 Å². The first-order valence-electron chi connectivity index (χ1n) is 4.66. The van der Waals surface area contributed by atoms with Crippen LogP contribution in [0.25, 0.3) is 0 Å². The Hall–Kier alpha value is -2.30. The molecule has 0 radical (unpaired) electrons. The second kappa shape index (κ2) is 4.48. The Balaban J connectivity index is 2.12. The predicted octanol–water partition coefficient (Wildman–Crippen LogP) is 2.20. The predicted molar refractivity (Wildman–Crippen MR) is 57.6 cm³/mol. The number of nitrogens with one attached hydrogen (secondary N) is 1. The Labute approximate surface area is 92.1 Å². The molecule has 0 unspecified atom stereocenters. The van der Waals surface area contributed by atoms with Crippen molar-refractivity contribution in [2.45, 2.75) is 0 Å². The molecule has 1 aromatic heterocycles. The third-order valence-electron chi connectivity index (χ3n) is 1.92. The first-order valence-corrected chi connectivity index (χ1v) is 4.66. The van der Waals surface area contributed by atoms with Crippen molar-refractivity contribution in [3.05, 3.63) is 42.3 Å². The molecule has 0 spiro atoms. The van der Waals surface area contributed by atoms with Crippen LogP contribution in [0.15, 0.2) is 40.9 Å². The third-order valence-corrected chi connectivity index (χ3v) is 1.92. The minimum Gasteiger partial charge on any atom is -0.463 e. The fourth-order valence-corrected chi connectivity index (χ4v) is 1.17. The number of oxazole rings is 1. The maximum absolute atomic E-state index is 11.1. The van der Waals surface area contributed by atoms with Crippen LogP contribution in [-0.2, 0) is 4.74 Å². The number of para-hydroxylation sites is 1. The van der Waals surface area contributed by atoms with Crippen LogP contribution >= 0.6 is 0 Å². The average Bonchev–Trinajstić information content (AvgIpc) is 2.78. The van der Waals surface area contributed by atoms with E-state index in [1.54, 1.807) is 0 Å². The largest absolute Gasteiger partial charge is 0.463 e. The van der Waals surface area contributed by atoms with Gasteiger partial charge in [-0.25, -0.2) is 9.78 Å². The van der Waals surface area contributed by atoms with Crippen LogP contribution in [0.4, 0.5) is 11.7 Å². The van der Waals surface area contributed by atoms with Gasteiger partial charge < -0.3 is 14.5 Å². The molecule has 0 aliphatic rings. The zero-order valence-corrected chi connectivity index (χ0v) is 8.64. The third kappa shape index (κ3) is 2.20. The number of nitrogens with zero attached hydrogens (tertiary/aromatic N) is 1. The lowest BCUT2D eigenvalue weighted by molar-refractivity contribution is 0.0566. The van der Waals surface area contributed by atoms with Gasteiger partial charge in [-0.2, -0.15) is 0 Å². The van der Waals surface area contributed by atoms with Crippen LogP contribution in [0.3, 0.4) is 0 Å². The summed E-state index contributed by atoms with van der Waals surface area (Å²) in [7, 11) is 1.29. The number of carbonyl (C=O) groups is 1. The molecule has 1 heterocycles. The van der Waals surface area contributed by atoms with Crippen LogP contribution in [0, 0.1) is 0 Å². The molecule has 0 aliphatic heterocycles. The van der Waals surface area contributed by atoms with E-state index in [2.05, 4.69) is 15.0 Å². The lowest BCUT2D eigenvalue weighted by atomic mass is 10.3. The normalized spacial score (nSPS) is 9.81. The zero-order chi connectivity index (χ0) is 11.4. The summed E-state index contributed by atoms with van der Waals surface area (Å²) in [5.74, 6) is -0.477. The summed E-state index contributed by atoms with van der Waals surface area (Å²) in [6.45, 7) is 0. The fraction of sp³-hybridized carbons (Fsp3) is 0.0909. The van der Waals surface area contributed by atoms with Gasteiger partial charge in [0.2, 0.25) is 5.76 Å². The van der Waals surface area contributed by atoms with E-state index in [1.165, 1.54) is 13.3 Å².